The molecule has 0 saturated carbocycles. The number of halogens is 1. The van der Waals surface area contributed by atoms with Gasteiger partial charge in [0.25, 0.3) is 0 Å². The highest BCUT2D eigenvalue weighted by molar-refractivity contribution is 6.24. The summed E-state index contributed by atoms with van der Waals surface area (Å²) in [5.41, 5.74) is -0.320. The van der Waals surface area contributed by atoms with E-state index < -0.39 is 16.4 Å². The number of hydrogen-bond acceptors (Lipinski definition) is 3. The molecule has 0 amide bonds. The topological polar surface area (TPSA) is 61.3 Å². The second-order valence-electron chi connectivity index (χ2n) is 4.15. The van der Waals surface area contributed by atoms with Crippen molar-refractivity contribution in [3.8, 4) is 0 Å². The van der Waals surface area contributed by atoms with Crippen LogP contribution >= 0.6 is 11.6 Å². The van der Waals surface area contributed by atoms with Crippen molar-refractivity contribution in [3.05, 3.63) is 12.2 Å². The molecule has 0 rings (SSSR count). The van der Waals surface area contributed by atoms with E-state index in [0.29, 0.717) is 5.57 Å². The molecule has 0 aliphatic heterocycles. The molecule has 0 radical (unpaired) electrons. The molecule has 0 aliphatic carbocycles. The van der Waals surface area contributed by atoms with Crippen molar-refractivity contribution in [1.29, 1.82) is 0 Å². The lowest BCUT2D eigenvalue weighted by molar-refractivity contribution is -0.154. The van der Waals surface area contributed by atoms with Crippen molar-refractivity contribution >= 4 is 17.6 Å². The smallest absolute Gasteiger partial charge is 0.333 e. The van der Waals surface area contributed by atoms with Crippen LogP contribution in [0.15, 0.2) is 12.2 Å². The molecule has 0 aromatic heterocycles. The van der Waals surface area contributed by atoms with Crippen LogP contribution in [0, 0.1) is 0 Å². The molecule has 0 bridgehead atoms. The van der Waals surface area contributed by atoms with E-state index in [1.165, 1.54) is 0 Å². The predicted molar refractivity (Wildman–Crippen MR) is 59.9 cm³/mol. The van der Waals surface area contributed by atoms with Gasteiger partial charge in [0.05, 0.1) is 4.87 Å². The van der Waals surface area contributed by atoms with Crippen LogP contribution in [0.5, 0.6) is 0 Å². The van der Waals surface area contributed by atoms with Gasteiger partial charge in [-0.25, -0.2) is 4.79 Å². The summed E-state index contributed by atoms with van der Waals surface area (Å²) < 4.78 is 5.19. The van der Waals surface area contributed by atoms with Gasteiger partial charge >= 0.3 is 5.97 Å². The Kier molecular flexibility index (Phi) is 5.46. The van der Waals surface area contributed by atoms with Crippen LogP contribution in [-0.4, -0.2) is 16.4 Å². The molecule has 3 N–H and O–H groups in total. The highest BCUT2D eigenvalue weighted by Crippen LogP contribution is 2.31. The minimum absolute atomic E-state index is 0. The zero-order valence-electron chi connectivity index (χ0n) is 9.61. The van der Waals surface area contributed by atoms with Crippen LogP contribution < -0.4 is 6.15 Å². The molecule has 0 aromatic rings. The number of carbonyl (C=O) groups is 1. The molecule has 84 valence electrons. The van der Waals surface area contributed by atoms with Gasteiger partial charge in [-0.05, 0) is 34.6 Å². The van der Waals surface area contributed by atoms with E-state index in [2.05, 4.69) is 6.58 Å². The Hall–Kier alpha value is -0.540. The molecular weight excluding hydrogens is 202 g/mol. The molecule has 0 aromatic carbocycles. The fourth-order valence-electron chi connectivity index (χ4n) is 0.440. The fraction of sp³-hybridized carbons (Fsp3) is 0.700. The van der Waals surface area contributed by atoms with Crippen LogP contribution in [0.2, 0.25) is 0 Å². The van der Waals surface area contributed by atoms with Crippen molar-refractivity contribution in [2.45, 2.75) is 45.1 Å². The van der Waals surface area contributed by atoms with Crippen LogP contribution in [0.1, 0.15) is 34.6 Å². The molecule has 0 heterocycles. The number of carbonyl (C=O) groups excluding carboxylic acids is 1. The lowest BCUT2D eigenvalue weighted by atomic mass is 9.93. The van der Waals surface area contributed by atoms with Gasteiger partial charge in [-0.1, -0.05) is 6.58 Å². The summed E-state index contributed by atoms with van der Waals surface area (Å²) in [5, 5.41) is 0. The maximum absolute atomic E-state index is 11.2. The Bertz CT molecular complexity index is 229. The molecule has 0 saturated heterocycles. The summed E-state index contributed by atoms with van der Waals surface area (Å²) in [5.74, 6) is -0.404. The Morgan fingerprint density at radius 1 is 1.29 bits per heavy atom. The third-order valence-electron chi connectivity index (χ3n) is 2.13. The Balaban J connectivity index is 0. The molecule has 0 spiro atoms. The fourth-order valence-corrected chi connectivity index (χ4v) is 0.479. The Morgan fingerprint density at radius 2 is 1.64 bits per heavy atom. The van der Waals surface area contributed by atoms with E-state index in [1.807, 2.05) is 0 Å². The minimum Gasteiger partial charge on any atom is -0.454 e. The third-order valence-corrected chi connectivity index (χ3v) is 2.58. The second kappa shape index (κ2) is 4.80. The molecule has 4 heteroatoms. The van der Waals surface area contributed by atoms with Crippen LogP contribution in [-0.2, 0) is 9.53 Å². The van der Waals surface area contributed by atoms with Crippen molar-refractivity contribution in [2.75, 3.05) is 0 Å². The summed E-state index contributed by atoms with van der Waals surface area (Å²) in [4.78, 5) is 10.6. The highest BCUT2D eigenvalue weighted by Gasteiger charge is 2.38. The predicted octanol–water partition coefficient (Wildman–Crippen LogP) is 3.06. The van der Waals surface area contributed by atoms with Gasteiger partial charge in [0.15, 0.2) is 0 Å². The standard InChI is InChI=1S/C10H17ClO2.H3N/c1-7(2)8(12)13-10(5,6)9(3,4)11;/h1H2,2-6H3;1H3. The summed E-state index contributed by atoms with van der Waals surface area (Å²) in [6.07, 6.45) is 0. The van der Waals surface area contributed by atoms with Gasteiger partial charge in [-0.2, -0.15) is 0 Å². The van der Waals surface area contributed by atoms with E-state index in [1.54, 1.807) is 34.6 Å². The first kappa shape index (κ1) is 15.9. The molecule has 0 fully saturated rings. The Labute approximate surface area is 91.0 Å². The lowest BCUT2D eigenvalue weighted by Gasteiger charge is -2.35. The van der Waals surface area contributed by atoms with Crippen molar-refractivity contribution < 1.29 is 9.53 Å². The minimum atomic E-state index is -0.704. The summed E-state index contributed by atoms with van der Waals surface area (Å²) >= 11 is 6.07. The van der Waals surface area contributed by atoms with E-state index >= 15 is 0 Å². The van der Waals surface area contributed by atoms with E-state index in [0.717, 1.165) is 0 Å². The molecule has 0 unspecified atom stereocenters. The summed E-state index contributed by atoms with van der Waals surface area (Å²) in [6, 6.07) is 0. The summed E-state index contributed by atoms with van der Waals surface area (Å²) in [7, 11) is 0. The quantitative estimate of drug-likeness (QED) is 0.453. The average Bonchev–Trinajstić information content (AvgIpc) is 1.83. The van der Waals surface area contributed by atoms with E-state index in [-0.39, 0.29) is 6.15 Å². The zero-order valence-corrected chi connectivity index (χ0v) is 10.4. The molecule has 3 nitrogen and oxygen atoms in total. The Morgan fingerprint density at radius 3 is 1.86 bits per heavy atom. The van der Waals surface area contributed by atoms with Gasteiger partial charge < -0.3 is 10.9 Å². The number of alkyl halides is 1. The maximum atomic E-state index is 11.2. The van der Waals surface area contributed by atoms with Crippen LogP contribution in [0.25, 0.3) is 0 Å². The van der Waals surface area contributed by atoms with Gasteiger partial charge in [-0.15, -0.1) is 11.6 Å². The maximum Gasteiger partial charge on any atom is 0.333 e. The number of ether oxygens (including phenoxy) is 1. The molecular formula is C10H20ClNO2. The number of hydrogen-bond donors (Lipinski definition) is 1. The molecule has 0 aliphatic rings. The van der Waals surface area contributed by atoms with Crippen molar-refractivity contribution in [3.63, 3.8) is 0 Å². The SMILES string of the molecule is C=C(C)C(=O)OC(C)(C)C(C)(C)Cl.N. The van der Waals surface area contributed by atoms with Crippen LogP contribution in [0.3, 0.4) is 0 Å². The average molecular weight is 222 g/mol. The van der Waals surface area contributed by atoms with E-state index in [9.17, 15) is 4.79 Å². The second-order valence-corrected chi connectivity index (χ2v) is 5.10. The highest BCUT2D eigenvalue weighted by atomic mass is 35.5. The molecule has 14 heavy (non-hydrogen) atoms. The van der Waals surface area contributed by atoms with Gasteiger partial charge in [-0.3, -0.25) is 0 Å². The van der Waals surface area contributed by atoms with Gasteiger partial charge in [0, 0.05) is 5.57 Å². The monoisotopic (exact) mass is 221 g/mol. The zero-order chi connectivity index (χ0) is 10.9. The molecule has 0 atom stereocenters. The van der Waals surface area contributed by atoms with Gasteiger partial charge in [0.2, 0.25) is 0 Å². The largest absolute Gasteiger partial charge is 0.454 e. The normalized spacial score (nSPS) is 11.6. The number of rotatable bonds is 3. The van der Waals surface area contributed by atoms with Crippen LogP contribution in [0.4, 0.5) is 0 Å². The first-order chi connectivity index (χ1) is 5.58. The third kappa shape index (κ3) is 4.11. The van der Waals surface area contributed by atoms with E-state index in [4.69, 9.17) is 16.3 Å². The first-order valence-corrected chi connectivity index (χ1v) is 4.53. The van der Waals surface area contributed by atoms with Crippen molar-refractivity contribution in [1.82, 2.24) is 6.15 Å². The number of esters is 1. The van der Waals surface area contributed by atoms with Crippen molar-refractivity contribution in [2.24, 2.45) is 0 Å². The summed E-state index contributed by atoms with van der Waals surface area (Å²) in [6.45, 7) is 12.3. The van der Waals surface area contributed by atoms with Gasteiger partial charge in [0.1, 0.15) is 5.60 Å². The lowest BCUT2D eigenvalue weighted by Crippen LogP contribution is -2.44. The first-order valence-electron chi connectivity index (χ1n) is 4.15.